The van der Waals surface area contributed by atoms with Gasteiger partial charge in [-0.2, -0.15) is 0 Å². The van der Waals surface area contributed by atoms with Crippen LogP contribution in [-0.2, 0) is 16.1 Å². The third-order valence-electron chi connectivity index (χ3n) is 4.67. The molecule has 1 aromatic carbocycles. The summed E-state index contributed by atoms with van der Waals surface area (Å²) in [6.07, 6.45) is 3.75. The molecular weight excluding hydrogens is 447 g/mol. The number of thioether (sulfide) groups is 1. The molecular formula is C20H20Cl2N4O3S. The van der Waals surface area contributed by atoms with Gasteiger partial charge >= 0.3 is 0 Å². The molecule has 1 aliphatic rings. The lowest BCUT2D eigenvalue weighted by atomic mass is 10.2. The maximum absolute atomic E-state index is 12.3. The van der Waals surface area contributed by atoms with Crippen molar-refractivity contribution >= 4 is 40.9 Å². The van der Waals surface area contributed by atoms with Gasteiger partial charge in [-0.25, -0.2) is 0 Å². The fourth-order valence-corrected chi connectivity index (χ4v) is 4.44. The Bertz CT molecular complexity index is 1000. The van der Waals surface area contributed by atoms with Gasteiger partial charge in [0, 0.05) is 23.7 Å². The van der Waals surface area contributed by atoms with E-state index < -0.39 is 0 Å². The first-order chi connectivity index (χ1) is 14.6. The molecule has 1 aliphatic heterocycles. The molecule has 1 unspecified atom stereocenters. The number of hydrogen-bond donors (Lipinski definition) is 1. The van der Waals surface area contributed by atoms with Gasteiger partial charge in [0.05, 0.1) is 29.7 Å². The molecule has 1 saturated heterocycles. The minimum atomic E-state index is -0.0749. The smallest absolute Gasteiger partial charge is 0.230 e. The first-order valence-electron chi connectivity index (χ1n) is 9.52. The molecule has 30 heavy (non-hydrogen) atoms. The average Bonchev–Trinajstić information content (AvgIpc) is 3.48. The number of rotatable bonds is 8. The molecule has 0 spiro atoms. The van der Waals surface area contributed by atoms with Crippen molar-refractivity contribution < 1.29 is 13.9 Å². The normalized spacial score (nSPS) is 16.1. The van der Waals surface area contributed by atoms with Crippen molar-refractivity contribution in [3.8, 4) is 11.4 Å². The highest BCUT2D eigenvalue weighted by Gasteiger charge is 2.20. The monoisotopic (exact) mass is 466 g/mol. The summed E-state index contributed by atoms with van der Waals surface area (Å²) in [6.45, 7) is 1.71. The van der Waals surface area contributed by atoms with Crippen LogP contribution in [0.25, 0.3) is 11.4 Å². The van der Waals surface area contributed by atoms with Crippen LogP contribution in [0.15, 0.2) is 46.2 Å². The standard InChI is InChI=1S/C20H20Cl2N4O3S/c21-13-5-6-16(17(22)9-13)19-24-25-20(26(19)11-15-4-2-8-29-15)30-12-18(27)23-10-14-3-1-7-28-14/h2,4-6,8-9,14H,1,3,7,10-12H2,(H,23,27). The lowest BCUT2D eigenvalue weighted by Gasteiger charge is -2.11. The fraction of sp³-hybridized carbons (Fsp3) is 0.350. The number of carbonyl (C=O) groups excluding carboxylic acids is 1. The van der Waals surface area contributed by atoms with Gasteiger partial charge in [0.1, 0.15) is 5.76 Å². The summed E-state index contributed by atoms with van der Waals surface area (Å²) in [6, 6.07) is 8.90. The highest BCUT2D eigenvalue weighted by atomic mass is 35.5. The molecule has 2 aromatic heterocycles. The van der Waals surface area contributed by atoms with Crippen molar-refractivity contribution in [1.29, 1.82) is 0 Å². The molecule has 3 aromatic rings. The first kappa shape index (κ1) is 21.2. The molecule has 158 valence electrons. The van der Waals surface area contributed by atoms with Crippen molar-refractivity contribution in [3.63, 3.8) is 0 Å². The van der Waals surface area contributed by atoms with Crippen LogP contribution >= 0.6 is 35.0 Å². The number of halogens is 2. The Hall–Kier alpha value is -2.00. The Morgan fingerprint density at radius 2 is 2.20 bits per heavy atom. The number of nitrogens with one attached hydrogen (secondary N) is 1. The van der Waals surface area contributed by atoms with Crippen molar-refractivity contribution in [1.82, 2.24) is 20.1 Å². The van der Waals surface area contributed by atoms with Crippen LogP contribution < -0.4 is 5.32 Å². The van der Waals surface area contributed by atoms with Gasteiger partial charge in [-0.1, -0.05) is 35.0 Å². The van der Waals surface area contributed by atoms with Gasteiger partial charge in [-0.05, 0) is 43.2 Å². The highest BCUT2D eigenvalue weighted by Crippen LogP contribution is 2.32. The predicted molar refractivity (Wildman–Crippen MR) is 116 cm³/mol. The number of benzene rings is 1. The molecule has 7 nitrogen and oxygen atoms in total. The number of nitrogens with zero attached hydrogens (tertiary/aromatic N) is 3. The number of ether oxygens (including phenoxy) is 1. The molecule has 10 heteroatoms. The van der Waals surface area contributed by atoms with E-state index in [1.165, 1.54) is 11.8 Å². The zero-order valence-electron chi connectivity index (χ0n) is 16.0. The Balaban J connectivity index is 1.50. The number of aromatic nitrogens is 3. The maximum atomic E-state index is 12.3. The van der Waals surface area contributed by atoms with E-state index in [-0.39, 0.29) is 17.8 Å². The summed E-state index contributed by atoms with van der Waals surface area (Å²) in [5.74, 6) is 1.47. The van der Waals surface area contributed by atoms with Crippen molar-refractivity contribution in [3.05, 3.63) is 52.4 Å². The van der Waals surface area contributed by atoms with Crippen LogP contribution in [0.5, 0.6) is 0 Å². The van der Waals surface area contributed by atoms with E-state index in [0.29, 0.717) is 39.7 Å². The van der Waals surface area contributed by atoms with E-state index in [1.807, 2.05) is 16.7 Å². The van der Waals surface area contributed by atoms with E-state index in [9.17, 15) is 4.79 Å². The summed E-state index contributed by atoms with van der Waals surface area (Å²) < 4.78 is 12.9. The summed E-state index contributed by atoms with van der Waals surface area (Å²) in [5.41, 5.74) is 0.704. The Morgan fingerprint density at radius 1 is 1.30 bits per heavy atom. The Kier molecular flexibility index (Phi) is 6.99. The molecule has 4 rings (SSSR count). The molecule has 0 bridgehead atoms. The summed E-state index contributed by atoms with van der Waals surface area (Å²) >= 11 is 13.7. The maximum Gasteiger partial charge on any atom is 0.230 e. The number of hydrogen-bond acceptors (Lipinski definition) is 6. The molecule has 0 aliphatic carbocycles. The lowest BCUT2D eigenvalue weighted by molar-refractivity contribution is -0.119. The SMILES string of the molecule is O=C(CSc1nnc(-c2ccc(Cl)cc2Cl)n1Cc1ccco1)NCC1CCCO1. The van der Waals surface area contributed by atoms with Gasteiger partial charge < -0.3 is 14.5 Å². The highest BCUT2D eigenvalue weighted by molar-refractivity contribution is 7.99. The number of amides is 1. The summed E-state index contributed by atoms with van der Waals surface area (Å²) in [7, 11) is 0. The van der Waals surface area contributed by atoms with E-state index in [0.717, 1.165) is 25.2 Å². The van der Waals surface area contributed by atoms with Crippen LogP contribution in [-0.4, -0.2) is 45.7 Å². The van der Waals surface area contributed by atoms with Gasteiger partial charge in [0.25, 0.3) is 0 Å². The molecule has 1 N–H and O–H groups in total. The van der Waals surface area contributed by atoms with Crippen LogP contribution in [0.3, 0.4) is 0 Å². The molecule has 1 atom stereocenters. The topological polar surface area (TPSA) is 82.2 Å². The Labute approximate surface area is 188 Å². The molecule has 0 radical (unpaired) electrons. The number of carbonyl (C=O) groups is 1. The average molecular weight is 467 g/mol. The second-order valence-corrected chi connectivity index (χ2v) is 8.61. The molecule has 0 saturated carbocycles. The van der Waals surface area contributed by atoms with Crippen molar-refractivity contribution in [2.75, 3.05) is 18.9 Å². The lowest BCUT2D eigenvalue weighted by Crippen LogP contribution is -2.32. The quantitative estimate of drug-likeness (QED) is 0.498. The fourth-order valence-electron chi connectivity index (χ4n) is 3.18. The van der Waals surface area contributed by atoms with Crippen LogP contribution in [0, 0.1) is 0 Å². The second-order valence-electron chi connectivity index (χ2n) is 6.82. The van der Waals surface area contributed by atoms with Gasteiger partial charge in [0.15, 0.2) is 11.0 Å². The van der Waals surface area contributed by atoms with Gasteiger partial charge in [-0.15, -0.1) is 10.2 Å². The van der Waals surface area contributed by atoms with E-state index in [4.69, 9.17) is 32.4 Å². The molecule has 1 fully saturated rings. The summed E-state index contributed by atoms with van der Waals surface area (Å²) in [4.78, 5) is 12.3. The molecule has 1 amide bonds. The molecule has 3 heterocycles. The minimum absolute atomic E-state index is 0.0749. The zero-order chi connectivity index (χ0) is 20.9. The Morgan fingerprint density at radius 3 is 2.93 bits per heavy atom. The van der Waals surface area contributed by atoms with Crippen LogP contribution in [0.4, 0.5) is 0 Å². The van der Waals surface area contributed by atoms with Crippen LogP contribution in [0.1, 0.15) is 18.6 Å². The van der Waals surface area contributed by atoms with E-state index >= 15 is 0 Å². The van der Waals surface area contributed by atoms with Gasteiger partial charge in [0.2, 0.25) is 5.91 Å². The third kappa shape index (κ3) is 5.18. The number of furan rings is 1. The second kappa shape index (κ2) is 9.87. The predicted octanol–water partition coefficient (Wildman–Crippen LogP) is 4.28. The van der Waals surface area contributed by atoms with Crippen LogP contribution in [0.2, 0.25) is 10.0 Å². The van der Waals surface area contributed by atoms with Gasteiger partial charge in [-0.3, -0.25) is 9.36 Å². The first-order valence-corrected chi connectivity index (χ1v) is 11.3. The zero-order valence-corrected chi connectivity index (χ0v) is 18.3. The van der Waals surface area contributed by atoms with E-state index in [2.05, 4.69) is 15.5 Å². The summed E-state index contributed by atoms with van der Waals surface area (Å²) in [5, 5.41) is 13.1. The third-order valence-corrected chi connectivity index (χ3v) is 6.18. The minimum Gasteiger partial charge on any atom is -0.467 e. The van der Waals surface area contributed by atoms with E-state index in [1.54, 1.807) is 24.5 Å². The largest absolute Gasteiger partial charge is 0.467 e. The van der Waals surface area contributed by atoms with Crippen molar-refractivity contribution in [2.45, 2.75) is 30.6 Å². The van der Waals surface area contributed by atoms with Crippen molar-refractivity contribution in [2.24, 2.45) is 0 Å².